The van der Waals surface area contributed by atoms with E-state index in [0.717, 1.165) is 26.1 Å². The molecule has 3 rings (SSSR count). The van der Waals surface area contributed by atoms with Gasteiger partial charge in [0.15, 0.2) is 5.69 Å². The third-order valence-corrected chi connectivity index (χ3v) is 3.98. The van der Waals surface area contributed by atoms with E-state index in [2.05, 4.69) is 15.2 Å². The molecule has 2 aromatic heterocycles. The third-order valence-electron chi connectivity index (χ3n) is 3.98. The Kier molecular flexibility index (Phi) is 3.85. The van der Waals surface area contributed by atoms with Gasteiger partial charge in [-0.05, 0) is 43.5 Å². The number of likely N-dealkylation sites (tertiary alicyclic amines) is 1. The Bertz CT molecular complexity index is 654. The van der Waals surface area contributed by atoms with E-state index in [9.17, 15) is 10.1 Å². The van der Waals surface area contributed by atoms with Crippen LogP contribution in [-0.4, -0.2) is 45.9 Å². The number of hydrogen-bond donors (Lipinski definition) is 1. The van der Waals surface area contributed by atoms with Crippen molar-refractivity contribution in [3.63, 3.8) is 0 Å². The maximum Gasteiger partial charge on any atom is 0.352 e. The van der Waals surface area contributed by atoms with Crippen LogP contribution in [0.1, 0.15) is 12.1 Å². The summed E-state index contributed by atoms with van der Waals surface area (Å²) in [5.41, 5.74) is 1.18. The van der Waals surface area contributed by atoms with Crippen molar-refractivity contribution in [2.75, 3.05) is 26.7 Å². The molecule has 1 atom stereocenters. The smallest absolute Gasteiger partial charge is 0.352 e. The fraction of sp³-hybridized carbons (Fsp3) is 0.500. The monoisotopic (exact) mass is 289 g/mol. The zero-order valence-corrected chi connectivity index (χ0v) is 12.0. The summed E-state index contributed by atoms with van der Waals surface area (Å²) in [6.45, 7) is 3.46. The second kappa shape index (κ2) is 5.79. The molecule has 7 nitrogen and oxygen atoms in total. The molecule has 21 heavy (non-hydrogen) atoms. The first-order valence-electron chi connectivity index (χ1n) is 7.16. The highest BCUT2D eigenvalue weighted by Crippen LogP contribution is 2.24. The average molecular weight is 289 g/mol. The topological polar surface area (TPSA) is 75.7 Å². The summed E-state index contributed by atoms with van der Waals surface area (Å²) in [7, 11) is 1.95. The first-order chi connectivity index (χ1) is 10.2. The number of rotatable bonds is 5. The Morgan fingerprint density at radius 2 is 2.38 bits per heavy atom. The van der Waals surface area contributed by atoms with Crippen LogP contribution in [0.4, 0.5) is 5.82 Å². The minimum atomic E-state index is -0.337. The van der Waals surface area contributed by atoms with Crippen LogP contribution in [-0.2, 0) is 6.54 Å². The number of fused-ring (bicyclic) bond motifs is 1. The largest absolute Gasteiger partial charge is 0.358 e. The van der Waals surface area contributed by atoms with Crippen molar-refractivity contribution >= 4 is 11.5 Å². The highest BCUT2D eigenvalue weighted by molar-refractivity contribution is 5.48. The first kappa shape index (κ1) is 14.0. The van der Waals surface area contributed by atoms with Gasteiger partial charge in [-0.15, -0.1) is 0 Å². The van der Waals surface area contributed by atoms with Crippen LogP contribution < -0.4 is 5.32 Å². The number of nitrogens with zero attached hydrogens (tertiary/aromatic N) is 4. The van der Waals surface area contributed by atoms with Gasteiger partial charge in [0, 0.05) is 19.2 Å². The van der Waals surface area contributed by atoms with Gasteiger partial charge >= 0.3 is 5.82 Å². The molecule has 1 aliphatic rings. The molecule has 1 aliphatic heterocycles. The van der Waals surface area contributed by atoms with Crippen LogP contribution in [0.15, 0.2) is 24.4 Å². The molecule has 0 saturated carbocycles. The molecule has 0 aromatic carbocycles. The van der Waals surface area contributed by atoms with E-state index in [1.165, 1.54) is 0 Å². The third kappa shape index (κ3) is 2.74. The number of nitrogens with one attached hydrogen (secondary N) is 1. The van der Waals surface area contributed by atoms with Gasteiger partial charge in [-0.25, -0.2) is 4.98 Å². The van der Waals surface area contributed by atoms with E-state index in [-0.39, 0.29) is 10.7 Å². The van der Waals surface area contributed by atoms with Crippen molar-refractivity contribution in [2.45, 2.75) is 13.0 Å². The molecule has 3 heterocycles. The van der Waals surface area contributed by atoms with Crippen LogP contribution >= 0.6 is 0 Å². The zero-order valence-electron chi connectivity index (χ0n) is 12.0. The molecule has 7 heteroatoms. The zero-order chi connectivity index (χ0) is 14.8. The minimum absolute atomic E-state index is 0.0858. The summed E-state index contributed by atoms with van der Waals surface area (Å²) >= 11 is 0. The van der Waals surface area contributed by atoms with Crippen molar-refractivity contribution in [3.8, 4) is 0 Å². The van der Waals surface area contributed by atoms with Crippen LogP contribution in [0.25, 0.3) is 5.65 Å². The van der Waals surface area contributed by atoms with Crippen molar-refractivity contribution in [2.24, 2.45) is 5.92 Å². The molecule has 0 spiro atoms. The molecule has 1 saturated heterocycles. The Morgan fingerprint density at radius 3 is 3.14 bits per heavy atom. The Hall–Kier alpha value is -1.99. The van der Waals surface area contributed by atoms with E-state index >= 15 is 0 Å². The van der Waals surface area contributed by atoms with Gasteiger partial charge in [0.05, 0.1) is 6.20 Å². The molecule has 1 N–H and O–H groups in total. The maximum atomic E-state index is 11.4. The van der Waals surface area contributed by atoms with E-state index in [0.29, 0.717) is 23.8 Å². The number of aromatic nitrogens is 2. The summed E-state index contributed by atoms with van der Waals surface area (Å²) in [6, 6.07) is 5.42. The second-order valence-electron chi connectivity index (χ2n) is 5.52. The predicted molar refractivity (Wildman–Crippen MR) is 79.2 cm³/mol. The summed E-state index contributed by atoms with van der Waals surface area (Å²) in [6.07, 6.45) is 2.82. The first-order valence-corrected chi connectivity index (χ1v) is 7.16. The molecule has 0 radical (unpaired) electrons. The number of hydrogen-bond acceptors (Lipinski definition) is 5. The van der Waals surface area contributed by atoms with Gasteiger partial charge in [-0.2, -0.15) is 4.40 Å². The molecule has 2 aromatic rings. The van der Waals surface area contributed by atoms with E-state index in [4.69, 9.17) is 0 Å². The highest BCUT2D eigenvalue weighted by Gasteiger charge is 2.27. The normalized spacial score (nSPS) is 19.4. The van der Waals surface area contributed by atoms with Crippen LogP contribution in [0, 0.1) is 16.0 Å². The summed E-state index contributed by atoms with van der Waals surface area (Å²) in [4.78, 5) is 17.7. The standard InChI is InChI=1S/C14H19N5O2/c1-15-8-11-5-7-17(9-11)10-12-14(19(20)21)18-6-3-2-4-13(18)16-12/h2-4,6,11,15H,5,7-10H2,1H3. The molecule has 0 bridgehead atoms. The molecule has 112 valence electrons. The maximum absolute atomic E-state index is 11.4. The lowest BCUT2D eigenvalue weighted by Gasteiger charge is -2.14. The molecular weight excluding hydrogens is 270 g/mol. The second-order valence-corrected chi connectivity index (χ2v) is 5.52. The molecule has 0 aliphatic carbocycles. The Balaban J connectivity index is 1.84. The molecule has 1 fully saturated rings. The Labute approximate surface area is 122 Å². The fourth-order valence-electron chi connectivity index (χ4n) is 3.05. The van der Waals surface area contributed by atoms with E-state index in [1.54, 1.807) is 22.7 Å². The number of pyridine rings is 1. The van der Waals surface area contributed by atoms with Crippen LogP contribution in [0.5, 0.6) is 0 Å². The van der Waals surface area contributed by atoms with Crippen molar-refractivity contribution in [3.05, 3.63) is 40.2 Å². The lowest BCUT2D eigenvalue weighted by molar-refractivity contribution is -0.391. The lowest BCUT2D eigenvalue weighted by Crippen LogP contribution is -2.24. The van der Waals surface area contributed by atoms with Gasteiger partial charge in [-0.1, -0.05) is 6.07 Å². The highest BCUT2D eigenvalue weighted by atomic mass is 16.6. The SMILES string of the molecule is CNCC1CCN(Cc2nc3ccccn3c2[N+](=O)[O-])C1. The van der Waals surface area contributed by atoms with Gasteiger partial charge in [0.1, 0.15) is 0 Å². The van der Waals surface area contributed by atoms with E-state index < -0.39 is 0 Å². The summed E-state index contributed by atoms with van der Waals surface area (Å²) in [5.74, 6) is 0.703. The summed E-state index contributed by atoms with van der Waals surface area (Å²) in [5, 5.41) is 14.5. The number of nitro groups is 1. The Morgan fingerprint density at radius 1 is 1.52 bits per heavy atom. The predicted octanol–water partition coefficient (Wildman–Crippen LogP) is 1.28. The lowest BCUT2D eigenvalue weighted by atomic mass is 10.1. The quantitative estimate of drug-likeness (QED) is 0.663. The summed E-state index contributed by atoms with van der Waals surface area (Å²) < 4.78 is 1.55. The van der Waals surface area contributed by atoms with Gasteiger partial charge in [0.25, 0.3) is 0 Å². The van der Waals surface area contributed by atoms with Crippen molar-refractivity contribution in [1.29, 1.82) is 0 Å². The van der Waals surface area contributed by atoms with Crippen molar-refractivity contribution < 1.29 is 4.92 Å². The molecular formula is C14H19N5O2. The van der Waals surface area contributed by atoms with Crippen LogP contribution in [0.2, 0.25) is 0 Å². The van der Waals surface area contributed by atoms with E-state index in [1.807, 2.05) is 13.1 Å². The molecule has 1 unspecified atom stereocenters. The molecule has 0 amide bonds. The number of imidazole rings is 1. The van der Waals surface area contributed by atoms with Crippen molar-refractivity contribution in [1.82, 2.24) is 19.6 Å². The average Bonchev–Trinajstić information content (AvgIpc) is 3.03. The fourth-order valence-corrected chi connectivity index (χ4v) is 3.05. The van der Waals surface area contributed by atoms with Crippen LogP contribution in [0.3, 0.4) is 0 Å². The van der Waals surface area contributed by atoms with Gasteiger partial charge in [0.2, 0.25) is 5.65 Å². The van der Waals surface area contributed by atoms with Gasteiger partial charge in [-0.3, -0.25) is 4.90 Å². The minimum Gasteiger partial charge on any atom is -0.358 e. The van der Waals surface area contributed by atoms with Gasteiger partial charge < -0.3 is 15.4 Å².